The van der Waals surface area contributed by atoms with Crippen LogP contribution in [-0.4, -0.2) is 17.4 Å². The van der Waals surface area contributed by atoms with Crippen LogP contribution in [0.4, 0.5) is 5.69 Å². The van der Waals surface area contributed by atoms with Gasteiger partial charge in [-0.05, 0) is 36.7 Å². The third-order valence-electron chi connectivity index (χ3n) is 2.82. The highest BCUT2D eigenvalue weighted by atomic mass is 16.3. The summed E-state index contributed by atoms with van der Waals surface area (Å²) in [5.41, 5.74) is 7.18. The average molecular weight is 259 g/mol. The Hall–Kier alpha value is -2.14. The molecule has 0 fully saturated rings. The number of carbonyl (C=O) groups excluding carboxylic acids is 1. The molecular weight excluding hydrogens is 242 g/mol. The van der Waals surface area contributed by atoms with Crippen molar-refractivity contribution in [3.05, 3.63) is 36.9 Å². The molecule has 1 amide bonds. The molecule has 19 heavy (non-hydrogen) atoms. The molecule has 0 aliphatic carbocycles. The number of anilines is 1. The molecule has 2 aromatic rings. The van der Waals surface area contributed by atoms with Crippen LogP contribution in [0.3, 0.4) is 0 Å². The molecule has 5 heteroatoms. The van der Waals surface area contributed by atoms with Crippen LogP contribution < -0.4 is 11.1 Å². The first kappa shape index (κ1) is 13.3. The smallest absolute Gasteiger partial charge is 0.224 e. The van der Waals surface area contributed by atoms with Crippen molar-refractivity contribution in [3.8, 4) is 11.3 Å². The molecule has 1 aromatic heterocycles. The Kier molecular flexibility index (Phi) is 4.30. The number of hydrogen-bond donors (Lipinski definition) is 2. The standard InChI is InChI=1S/C14H17N3O2/c1-10(7-15)6-14(18)17-12-4-2-11(3-5-12)13-8-16-9-19-13/h2-5,8-10H,6-7,15H2,1H3,(H,17,18). The maximum absolute atomic E-state index is 11.7. The summed E-state index contributed by atoms with van der Waals surface area (Å²) < 4.78 is 5.20. The van der Waals surface area contributed by atoms with Crippen LogP contribution in [-0.2, 0) is 4.79 Å². The van der Waals surface area contributed by atoms with Gasteiger partial charge in [-0.3, -0.25) is 4.79 Å². The largest absolute Gasteiger partial charge is 0.444 e. The first-order valence-electron chi connectivity index (χ1n) is 6.18. The molecule has 1 unspecified atom stereocenters. The lowest BCUT2D eigenvalue weighted by molar-refractivity contribution is -0.116. The highest BCUT2D eigenvalue weighted by Gasteiger charge is 2.08. The quantitative estimate of drug-likeness (QED) is 0.863. The monoisotopic (exact) mass is 259 g/mol. The molecule has 0 spiro atoms. The Morgan fingerprint density at radius 2 is 2.16 bits per heavy atom. The zero-order valence-corrected chi connectivity index (χ0v) is 10.8. The molecule has 2 rings (SSSR count). The summed E-state index contributed by atoms with van der Waals surface area (Å²) in [7, 11) is 0. The molecular formula is C14H17N3O2. The van der Waals surface area contributed by atoms with Gasteiger partial charge in [0.1, 0.15) is 0 Å². The van der Waals surface area contributed by atoms with Gasteiger partial charge < -0.3 is 15.5 Å². The van der Waals surface area contributed by atoms with Gasteiger partial charge in [-0.15, -0.1) is 0 Å². The van der Waals surface area contributed by atoms with Crippen LogP contribution in [0.2, 0.25) is 0 Å². The van der Waals surface area contributed by atoms with Gasteiger partial charge in [0.2, 0.25) is 5.91 Å². The number of nitrogens with zero attached hydrogens (tertiary/aromatic N) is 1. The number of hydrogen-bond acceptors (Lipinski definition) is 4. The molecule has 0 aliphatic rings. The number of nitrogens with one attached hydrogen (secondary N) is 1. The molecule has 100 valence electrons. The van der Waals surface area contributed by atoms with Gasteiger partial charge in [0.05, 0.1) is 6.20 Å². The van der Waals surface area contributed by atoms with Crippen LogP contribution in [0, 0.1) is 5.92 Å². The summed E-state index contributed by atoms with van der Waals surface area (Å²) in [5.74, 6) is 0.869. The van der Waals surface area contributed by atoms with Crippen molar-refractivity contribution < 1.29 is 9.21 Å². The summed E-state index contributed by atoms with van der Waals surface area (Å²) in [4.78, 5) is 15.6. The van der Waals surface area contributed by atoms with E-state index >= 15 is 0 Å². The second-order valence-electron chi connectivity index (χ2n) is 4.54. The van der Waals surface area contributed by atoms with Crippen LogP contribution >= 0.6 is 0 Å². The number of amides is 1. The third-order valence-corrected chi connectivity index (χ3v) is 2.82. The van der Waals surface area contributed by atoms with Gasteiger partial charge in [0, 0.05) is 17.7 Å². The highest BCUT2D eigenvalue weighted by Crippen LogP contribution is 2.20. The number of benzene rings is 1. The van der Waals surface area contributed by atoms with Crippen molar-refractivity contribution in [1.82, 2.24) is 4.98 Å². The normalized spacial score (nSPS) is 12.1. The number of nitrogens with two attached hydrogens (primary N) is 1. The Morgan fingerprint density at radius 3 is 2.74 bits per heavy atom. The minimum atomic E-state index is -0.0228. The molecule has 3 N–H and O–H groups in total. The van der Waals surface area contributed by atoms with Crippen molar-refractivity contribution in [1.29, 1.82) is 0 Å². The summed E-state index contributed by atoms with van der Waals surface area (Å²) in [6.07, 6.45) is 3.47. The van der Waals surface area contributed by atoms with E-state index in [1.165, 1.54) is 6.39 Å². The maximum atomic E-state index is 11.7. The molecule has 0 saturated heterocycles. The molecule has 0 radical (unpaired) electrons. The van der Waals surface area contributed by atoms with Gasteiger partial charge in [-0.1, -0.05) is 6.92 Å². The van der Waals surface area contributed by atoms with Crippen LogP contribution in [0.25, 0.3) is 11.3 Å². The Morgan fingerprint density at radius 1 is 1.42 bits per heavy atom. The van der Waals surface area contributed by atoms with E-state index in [9.17, 15) is 4.79 Å². The van der Waals surface area contributed by atoms with E-state index in [1.807, 2.05) is 31.2 Å². The summed E-state index contributed by atoms with van der Waals surface area (Å²) in [6.45, 7) is 2.46. The minimum absolute atomic E-state index is 0.0228. The second kappa shape index (κ2) is 6.15. The van der Waals surface area contributed by atoms with E-state index < -0.39 is 0 Å². The fourth-order valence-electron chi connectivity index (χ4n) is 1.69. The first-order chi connectivity index (χ1) is 9.19. The zero-order chi connectivity index (χ0) is 13.7. The molecule has 5 nitrogen and oxygen atoms in total. The van der Waals surface area contributed by atoms with Gasteiger partial charge in [-0.2, -0.15) is 0 Å². The lowest BCUT2D eigenvalue weighted by Gasteiger charge is -2.09. The number of rotatable bonds is 5. The topological polar surface area (TPSA) is 81.2 Å². The average Bonchev–Trinajstić information content (AvgIpc) is 2.93. The second-order valence-corrected chi connectivity index (χ2v) is 4.54. The van der Waals surface area contributed by atoms with Crippen molar-refractivity contribution in [2.75, 3.05) is 11.9 Å². The lowest BCUT2D eigenvalue weighted by atomic mass is 10.1. The predicted molar refractivity (Wildman–Crippen MR) is 73.4 cm³/mol. The molecule has 0 bridgehead atoms. The van der Waals surface area contributed by atoms with E-state index in [0.717, 1.165) is 11.3 Å². The van der Waals surface area contributed by atoms with Crippen molar-refractivity contribution >= 4 is 11.6 Å². The SMILES string of the molecule is CC(CN)CC(=O)Nc1ccc(-c2cnco2)cc1. The third kappa shape index (κ3) is 3.66. The van der Waals surface area contributed by atoms with Gasteiger partial charge in [0.15, 0.2) is 12.2 Å². The Bertz CT molecular complexity index is 520. The van der Waals surface area contributed by atoms with E-state index in [0.29, 0.717) is 18.7 Å². The minimum Gasteiger partial charge on any atom is -0.444 e. The number of aromatic nitrogens is 1. The van der Waals surface area contributed by atoms with Gasteiger partial charge >= 0.3 is 0 Å². The molecule has 1 atom stereocenters. The van der Waals surface area contributed by atoms with Crippen LogP contribution in [0.15, 0.2) is 41.3 Å². The van der Waals surface area contributed by atoms with Gasteiger partial charge in [-0.25, -0.2) is 4.98 Å². The summed E-state index contributed by atoms with van der Waals surface area (Å²) >= 11 is 0. The van der Waals surface area contributed by atoms with E-state index in [4.69, 9.17) is 10.2 Å². The highest BCUT2D eigenvalue weighted by molar-refractivity contribution is 5.91. The predicted octanol–water partition coefficient (Wildman–Crippen LogP) is 2.27. The van der Waals surface area contributed by atoms with Crippen LogP contribution in [0.5, 0.6) is 0 Å². The lowest BCUT2D eigenvalue weighted by Crippen LogP contribution is -2.19. The first-order valence-corrected chi connectivity index (χ1v) is 6.18. The zero-order valence-electron chi connectivity index (χ0n) is 10.8. The molecule has 1 heterocycles. The number of carbonyl (C=O) groups is 1. The van der Waals surface area contributed by atoms with Crippen molar-refractivity contribution in [3.63, 3.8) is 0 Å². The van der Waals surface area contributed by atoms with Gasteiger partial charge in [0.25, 0.3) is 0 Å². The Balaban J connectivity index is 1.97. The van der Waals surface area contributed by atoms with E-state index in [1.54, 1.807) is 6.20 Å². The van der Waals surface area contributed by atoms with Crippen LogP contribution in [0.1, 0.15) is 13.3 Å². The molecule has 0 aliphatic heterocycles. The molecule has 0 saturated carbocycles. The fraction of sp³-hybridized carbons (Fsp3) is 0.286. The van der Waals surface area contributed by atoms with E-state index in [-0.39, 0.29) is 11.8 Å². The van der Waals surface area contributed by atoms with Crippen molar-refractivity contribution in [2.24, 2.45) is 11.7 Å². The summed E-state index contributed by atoms with van der Waals surface area (Å²) in [5, 5.41) is 2.84. The molecule has 1 aromatic carbocycles. The summed E-state index contributed by atoms with van der Waals surface area (Å²) in [6, 6.07) is 7.43. The Labute approximate surface area is 111 Å². The van der Waals surface area contributed by atoms with Crippen molar-refractivity contribution in [2.45, 2.75) is 13.3 Å². The van der Waals surface area contributed by atoms with E-state index in [2.05, 4.69) is 10.3 Å². The fourth-order valence-corrected chi connectivity index (χ4v) is 1.69. The number of oxazole rings is 1. The maximum Gasteiger partial charge on any atom is 0.224 e.